The minimum atomic E-state index is 0.0940. The van der Waals surface area contributed by atoms with Crippen molar-refractivity contribution in [3.63, 3.8) is 0 Å². The second-order valence-electron chi connectivity index (χ2n) is 7.45. The summed E-state index contributed by atoms with van der Waals surface area (Å²) in [5.74, 6) is 1.86. The van der Waals surface area contributed by atoms with Gasteiger partial charge in [0.2, 0.25) is 0 Å². The van der Waals surface area contributed by atoms with Crippen molar-refractivity contribution in [1.29, 1.82) is 0 Å². The molecule has 7 heteroatoms. The highest BCUT2D eigenvalue weighted by atomic mass is 32.1. The van der Waals surface area contributed by atoms with Gasteiger partial charge in [-0.05, 0) is 18.4 Å². The van der Waals surface area contributed by atoms with Gasteiger partial charge in [0, 0.05) is 62.7 Å². The fraction of sp³-hybridized carbons (Fsp3) is 0.579. The molecule has 3 rings (SSSR count). The van der Waals surface area contributed by atoms with Gasteiger partial charge in [-0.15, -0.1) is 11.3 Å². The van der Waals surface area contributed by atoms with E-state index in [1.54, 1.807) is 0 Å². The van der Waals surface area contributed by atoms with Crippen LogP contribution in [0.2, 0.25) is 0 Å². The van der Waals surface area contributed by atoms with E-state index in [1.165, 1.54) is 4.88 Å². The van der Waals surface area contributed by atoms with E-state index in [4.69, 9.17) is 4.52 Å². The predicted octanol–water partition coefficient (Wildman–Crippen LogP) is 2.72. The molecule has 0 bridgehead atoms. The Kier molecular flexibility index (Phi) is 5.98. The number of aliphatic imine (C=N–C) groups is 1. The van der Waals surface area contributed by atoms with Crippen LogP contribution in [0.4, 0.5) is 0 Å². The van der Waals surface area contributed by atoms with Crippen LogP contribution in [-0.2, 0) is 12.0 Å². The van der Waals surface area contributed by atoms with E-state index in [2.05, 4.69) is 56.6 Å². The van der Waals surface area contributed by atoms with Crippen molar-refractivity contribution in [3.05, 3.63) is 39.9 Å². The first-order chi connectivity index (χ1) is 12.5. The minimum Gasteiger partial charge on any atom is -0.361 e. The second-order valence-corrected chi connectivity index (χ2v) is 8.40. The topological polar surface area (TPSA) is 56.9 Å². The quantitative estimate of drug-likeness (QED) is 0.643. The largest absolute Gasteiger partial charge is 0.361 e. The van der Waals surface area contributed by atoms with Gasteiger partial charge in [-0.2, -0.15) is 0 Å². The third kappa shape index (κ3) is 4.65. The smallest absolute Gasteiger partial charge is 0.193 e. The maximum atomic E-state index is 5.16. The number of nitrogens with one attached hydrogen (secondary N) is 1. The first-order valence-corrected chi connectivity index (χ1v) is 10.00. The summed E-state index contributed by atoms with van der Waals surface area (Å²) >= 11 is 1.81. The van der Waals surface area contributed by atoms with Crippen molar-refractivity contribution in [2.75, 3.05) is 39.8 Å². The zero-order valence-electron chi connectivity index (χ0n) is 16.2. The minimum absolute atomic E-state index is 0.0940. The van der Waals surface area contributed by atoms with Gasteiger partial charge in [0.25, 0.3) is 0 Å². The first kappa shape index (κ1) is 18.9. The predicted molar refractivity (Wildman–Crippen MR) is 107 cm³/mol. The van der Waals surface area contributed by atoms with Crippen LogP contribution in [0, 0.1) is 6.92 Å². The summed E-state index contributed by atoms with van der Waals surface area (Å²) < 4.78 is 5.16. The molecule has 0 saturated carbocycles. The Labute approximate surface area is 159 Å². The van der Waals surface area contributed by atoms with Crippen molar-refractivity contribution >= 4 is 17.3 Å². The van der Waals surface area contributed by atoms with E-state index in [0.29, 0.717) is 0 Å². The molecule has 1 N–H and O–H groups in total. The summed E-state index contributed by atoms with van der Waals surface area (Å²) in [6.07, 6.45) is 0. The number of rotatable bonds is 5. The number of thiophene rings is 1. The van der Waals surface area contributed by atoms with Crippen LogP contribution >= 0.6 is 11.3 Å². The Bertz CT molecular complexity index is 714. The molecule has 0 atom stereocenters. The summed E-state index contributed by atoms with van der Waals surface area (Å²) in [5, 5.41) is 9.81. The maximum absolute atomic E-state index is 5.16. The van der Waals surface area contributed by atoms with E-state index in [0.717, 1.165) is 56.7 Å². The molecule has 142 valence electrons. The van der Waals surface area contributed by atoms with Gasteiger partial charge in [0.15, 0.2) is 5.96 Å². The highest BCUT2D eigenvalue weighted by molar-refractivity contribution is 7.10. The molecule has 0 aromatic carbocycles. The van der Waals surface area contributed by atoms with E-state index < -0.39 is 0 Å². The highest BCUT2D eigenvalue weighted by Crippen LogP contribution is 2.26. The third-order valence-electron chi connectivity index (χ3n) is 4.82. The van der Waals surface area contributed by atoms with Gasteiger partial charge in [-0.1, -0.05) is 25.1 Å². The molecule has 1 aliphatic rings. The molecule has 0 spiro atoms. The molecule has 2 aromatic heterocycles. The lowest BCUT2D eigenvalue weighted by Gasteiger charge is -2.37. The number of piperazine rings is 1. The molecular formula is C19H29N5OS. The zero-order chi connectivity index (χ0) is 18.6. The molecule has 1 aliphatic heterocycles. The van der Waals surface area contributed by atoms with Crippen molar-refractivity contribution in [2.24, 2.45) is 4.99 Å². The van der Waals surface area contributed by atoms with Crippen molar-refractivity contribution < 1.29 is 4.52 Å². The van der Waals surface area contributed by atoms with E-state index >= 15 is 0 Å². The van der Waals surface area contributed by atoms with E-state index in [9.17, 15) is 0 Å². The average Bonchev–Trinajstić information content (AvgIpc) is 3.29. The third-order valence-corrected chi connectivity index (χ3v) is 6.06. The Balaban J connectivity index is 1.49. The molecular weight excluding hydrogens is 346 g/mol. The van der Waals surface area contributed by atoms with Crippen LogP contribution < -0.4 is 5.32 Å². The van der Waals surface area contributed by atoms with Gasteiger partial charge in [0.1, 0.15) is 5.76 Å². The number of hydrogen-bond acceptors (Lipinski definition) is 5. The van der Waals surface area contributed by atoms with Gasteiger partial charge in [-0.3, -0.25) is 9.89 Å². The molecule has 1 fully saturated rings. The second kappa shape index (κ2) is 8.22. The van der Waals surface area contributed by atoms with E-state index in [-0.39, 0.29) is 5.41 Å². The van der Waals surface area contributed by atoms with Gasteiger partial charge in [-0.25, -0.2) is 0 Å². The summed E-state index contributed by atoms with van der Waals surface area (Å²) in [6, 6.07) is 6.34. The summed E-state index contributed by atoms with van der Waals surface area (Å²) in [5.41, 5.74) is 1.10. The summed E-state index contributed by atoms with van der Waals surface area (Å²) in [6.45, 7) is 12.1. The van der Waals surface area contributed by atoms with Gasteiger partial charge >= 0.3 is 0 Å². The van der Waals surface area contributed by atoms with Gasteiger partial charge in [0.05, 0.1) is 5.69 Å². The lowest BCUT2D eigenvalue weighted by atomic mass is 9.91. The fourth-order valence-corrected chi connectivity index (χ4v) is 4.07. The Morgan fingerprint density at radius 3 is 2.69 bits per heavy atom. The summed E-state index contributed by atoms with van der Waals surface area (Å²) in [7, 11) is 1.87. The van der Waals surface area contributed by atoms with Crippen LogP contribution in [0.25, 0.3) is 0 Å². The lowest BCUT2D eigenvalue weighted by molar-refractivity contribution is 0.168. The van der Waals surface area contributed by atoms with Crippen LogP contribution in [0.3, 0.4) is 0 Å². The van der Waals surface area contributed by atoms with Gasteiger partial charge < -0.3 is 14.7 Å². The molecule has 0 aliphatic carbocycles. The summed E-state index contributed by atoms with van der Waals surface area (Å²) in [4.78, 5) is 10.6. The van der Waals surface area contributed by atoms with Crippen LogP contribution in [-0.4, -0.2) is 60.7 Å². The van der Waals surface area contributed by atoms with Crippen molar-refractivity contribution in [3.8, 4) is 0 Å². The maximum Gasteiger partial charge on any atom is 0.193 e. The monoisotopic (exact) mass is 375 g/mol. The fourth-order valence-electron chi connectivity index (χ4n) is 3.22. The molecule has 3 heterocycles. The van der Waals surface area contributed by atoms with Crippen LogP contribution in [0.1, 0.15) is 30.2 Å². The molecule has 1 saturated heterocycles. The Hall–Kier alpha value is -1.86. The van der Waals surface area contributed by atoms with E-state index in [1.807, 2.05) is 31.4 Å². The molecule has 0 radical (unpaired) electrons. The van der Waals surface area contributed by atoms with Crippen LogP contribution in [0.5, 0.6) is 0 Å². The first-order valence-electron chi connectivity index (χ1n) is 9.12. The number of nitrogens with zero attached hydrogens (tertiary/aromatic N) is 4. The molecule has 2 aromatic rings. The Morgan fingerprint density at radius 1 is 1.35 bits per heavy atom. The normalized spacial score (nSPS) is 16.9. The van der Waals surface area contributed by atoms with Crippen molar-refractivity contribution in [2.45, 2.75) is 32.7 Å². The number of aromatic nitrogens is 1. The molecule has 26 heavy (non-hydrogen) atoms. The molecule has 0 unspecified atom stereocenters. The number of aryl methyl sites for hydroxylation is 1. The van der Waals surface area contributed by atoms with Crippen molar-refractivity contribution in [1.82, 2.24) is 20.3 Å². The lowest BCUT2D eigenvalue weighted by Crippen LogP contribution is -2.53. The average molecular weight is 376 g/mol. The molecule has 6 nitrogen and oxygen atoms in total. The van der Waals surface area contributed by atoms with Crippen LogP contribution in [0.15, 0.2) is 33.1 Å². The zero-order valence-corrected chi connectivity index (χ0v) is 17.0. The number of hydrogen-bond donors (Lipinski definition) is 1. The number of guanidine groups is 1. The Morgan fingerprint density at radius 2 is 2.12 bits per heavy atom. The SMILES string of the molecule is CN=C(NCC(C)(C)c1cccs1)N1CCN(Cc2cc(C)on2)CC1. The standard InChI is InChI=1S/C19H29N5OS/c1-15-12-16(22-25-15)13-23-7-9-24(10-8-23)18(20-4)21-14-19(2,3)17-6-5-11-26-17/h5-6,11-12H,7-10,13-14H2,1-4H3,(H,20,21). The molecule has 0 amide bonds. The highest BCUT2D eigenvalue weighted by Gasteiger charge is 2.25.